The molecule has 214 valence electrons. The maximum absolute atomic E-state index is 13.0. The second-order valence-corrected chi connectivity index (χ2v) is 11.3. The Labute approximate surface area is 254 Å². The van der Waals surface area contributed by atoms with Crippen molar-refractivity contribution in [3.8, 4) is 11.5 Å². The van der Waals surface area contributed by atoms with Crippen molar-refractivity contribution in [2.24, 2.45) is 0 Å². The van der Waals surface area contributed by atoms with Crippen LogP contribution in [0.5, 0.6) is 11.5 Å². The molecule has 3 amide bonds. The zero-order chi connectivity index (χ0) is 29.7. The third kappa shape index (κ3) is 7.92. The van der Waals surface area contributed by atoms with Crippen molar-refractivity contribution < 1.29 is 37.0 Å². The van der Waals surface area contributed by atoms with Crippen molar-refractivity contribution in [2.75, 3.05) is 18.5 Å². The maximum atomic E-state index is 13.0. The molecule has 3 aromatic carbocycles. The molecule has 0 aromatic heterocycles. The number of carbonyl (C=O) groups excluding carboxylic acids is 3. The van der Waals surface area contributed by atoms with Gasteiger partial charge in [-0.3, -0.25) is 19.3 Å². The van der Waals surface area contributed by atoms with Crippen LogP contribution in [-0.2, 0) is 22.4 Å². The van der Waals surface area contributed by atoms with Gasteiger partial charge >= 0.3 is 6.18 Å². The number of hydrogen-bond donors (Lipinski definition) is 1. The first-order chi connectivity index (χ1) is 19.4. The van der Waals surface area contributed by atoms with Crippen molar-refractivity contribution in [3.05, 3.63) is 91.2 Å². The van der Waals surface area contributed by atoms with Crippen LogP contribution in [0.2, 0.25) is 0 Å². The molecule has 1 aliphatic rings. The molecule has 4 rings (SSSR count). The standard InChI is InChI=1S/C28H21Br2F3N2O5S/c1-2-39-22-10-17(21(30)13-23(22)40-15-16-6-8-19(29)9-7-16)11-24-26(37)35(27(38)41-24)14-25(36)34-20-5-3-4-18(12-20)28(31,32)33/h3-13H,2,14-15H2,1H3,(H,34,36)/b24-11-. The Morgan fingerprint density at radius 2 is 1.73 bits per heavy atom. The molecule has 0 radical (unpaired) electrons. The van der Waals surface area contributed by atoms with Crippen LogP contribution in [0.1, 0.15) is 23.6 Å². The van der Waals surface area contributed by atoms with Gasteiger partial charge in [0.2, 0.25) is 5.91 Å². The number of nitrogens with one attached hydrogen (secondary N) is 1. The highest BCUT2D eigenvalue weighted by Crippen LogP contribution is 2.38. The molecule has 41 heavy (non-hydrogen) atoms. The molecule has 1 aliphatic heterocycles. The average Bonchev–Trinajstić information content (AvgIpc) is 3.17. The van der Waals surface area contributed by atoms with Gasteiger partial charge in [-0.1, -0.05) is 50.1 Å². The fraction of sp³-hybridized carbons (Fsp3) is 0.179. The van der Waals surface area contributed by atoms with Crippen LogP contribution in [0.25, 0.3) is 6.08 Å². The van der Waals surface area contributed by atoms with Crippen LogP contribution in [0, 0.1) is 0 Å². The number of nitrogens with zero attached hydrogens (tertiary/aromatic N) is 1. The Bertz CT molecular complexity index is 1510. The van der Waals surface area contributed by atoms with E-state index in [4.69, 9.17) is 9.47 Å². The van der Waals surface area contributed by atoms with E-state index in [1.165, 1.54) is 12.1 Å². The number of halogens is 5. The second kappa shape index (κ2) is 13.1. The van der Waals surface area contributed by atoms with E-state index in [1.54, 1.807) is 12.1 Å². The maximum Gasteiger partial charge on any atom is 0.416 e. The number of thioether (sulfide) groups is 1. The molecule has 1 heterocycles. The number of rotatable bonds is 9. The summed E-state index contributed by atoms with van der Waals surface area (Å²) in [5.74, 6) is -0.628. The molecular weight excluding hydrogens is 693 g/mol. The van der Waals surface area contributed by atoms with Gasteiger partial charge in [-0.25, -0.2) is 0 Å². The first-order valence-corrected chi connectivity index (χ1v) is 14.4. The van der Waals surface area contributed by atoms with Gasteiger partial charge in [-0.15, -0.1) is 0 Å². The number of alkyl halides is 3. The molecule has 0 saturated carbocycles. The second-order valence-electron chi connectivity index (χ2n) is 8.56. The third-order valence-electron chi connectivity index (χ3n) is 5.61. The third-order valence-corrected chi connectivity index (χ3v) is 7.73. The van der Waals surface area contributed by atoms with E-state index in [0.717, 1.165) is 33.1 Å². The molecule has 0 spiro atoms. The van der Waals surface area contributed by atoms with Gasteiger partial charge in [0.15, 0.2) is 11.5 Å². The van der Waals surface area contributed by atoms with Crippen molar-refractivity contribution in [1.29, 1.82) is 0 Å². The molecule has 0 atom stereocenters. The lowest BCUT2D eigenvalue weighted by Gasteiger charge is -2.15. The average molecular weight is 714 g/mol. The van der Waals surface area contributed by atoms with Gasteiger partial charge in [0.05, 0.1) is 17.1 Å². The molecule has 0 aliphatic carbocycles. The number of anilines is 1. The van der Waals surface area contributed by atoms with Crippen molar-refractivity contribution >= 4 is 72.4 Å². The summed E-state index contributed by atoms with van der Waals surface area (Å²) in [6, 6.07) is 15.1. The van der Waals surface area contributed by atoms with Crippen molar-refractivity contribution in [2.45, 2.75) is 19.7 Å². The van der Waals surface area contributed by atoms with Crippen molar-refractivity contribution in [3.63, 3.8) is 0 Å². The monoisotopic (exact) mass is 712 g/mol. The van der Waals surface area contributed by atoms with Gasteiger partial charge in [0.25, 0.3) is 11.1 Å². The van der Waals surface area contributed by atoms with Gasteiger partial charge in [-0.2, -0.15) is 13.2 Å². The van der Waals surface area contributed by atoms with Crippen LogP contribution in [-0.4, -0.2) is 35.1 Å². The predicted octanol–water partition coefficient (Wildman–Crippen LogP) is 7.88. The summed E-state index contributed by atoms with van der Waals surface area (Å²) in [6.07, 6.45) is -3.10. The molecule has 0 bridgehead atoms. The first-order valence-electron chi connectivity index (χ1n) is 12.0. The fourth-order valence-corrected chi connectivity index (χ4v) is 5.21. The molecule has 1 saturated heterocycles. The summed E-state index contributed by atoms with van der Waals surface area (Å²) in [5, 5.41) is 1.61. The highest BCUT2D eigenvalue weighted by molar-refractivity contribution is 9.10. The van der Waals surface area contributed by atoms with Gasteiger partial charge in [0.1, 0.15) is 13.2 Å². The summed E-state index contributed by atoms with van der Waals surface area (Å²) in [7, 11) is 0. The first kappa shape index (κ1) is 30.7. The van der Waals surface area contributed by atoms with Crippen LogP contribution in [0.3, 0.4) is 0 Å². The zero-order valence-corrected chi connectivity index (χ0v) is 25.2. The smallest absolute Gasteiger partial charge is 0.416 e. The minimum atomic E-state index is -4.59. The summed E-state index contributed by atoms with van der Waals surface area (Å²) in [6.45, 7) is 1.80. The van der Waals surface area contributed by atoms with E-state index in [-0.39, 0.29) is 10.6 Å². The van der Waals surface area contributed by atoms with E-state index < -0.39 is 35.3 Å². The highest BCUT2D eigenvalue weighted by Gasteiger charge is 2.37. The topological polar surface area (TPSA) is 84.9 Å². The highest BCUT2D eigenvalue weighted by atomic mass is 79.9. The SMILES string of the molecule is CCOc1cc(/C=C2\SC(=O)N(CC(=O)Nc3cccc(C(F)(F)F)c3)C2=O)c(Br)cc1OCc1ccc(Br)cc1. The molecule has 7 nitrogen and oxygen atoms in total. The predicted molar refractivity (Wildman–Crippen MR) is 157 cm³/mol. The van der Waals surface area contributed by atoms with E-state index >= 15 is 0 Å². The molecule has 1 fully saturated rings. The number of benzene rings is 3. The Balaban J connectivity index is 1.47. The molecule has 1 N–H and O–H groups in total. The summed E-state index contributed by atoms with van der Waals surface area (Å²) >= 11 is 7.51. The van der Waals surface area contributed by atoms with Gasteiger partial charge in [-0.05, 0) is 78.4 Å². The molecule has 3 aromatic rings. The van der Waals surface area contributed by atoms with E-state index in [9.17, 15) is 27.6 Å². The van der Waals surface area contributed by atoms with Gasteiger partial charge in [0, 0.05) is 14.6 Å². The number of ether oxygens (including phenoxy) is 2. The minimum Gasteiger partial charge on any atom is -0.490 e. The Morgan fingerprint density at radius 1 is 1.02 bits per heavy atom. The lowest BCUT2D eigenvalue weighted by Crippen LogP contribution is -2.36. The zero-order valence-electron chi connectivity index (χ0n) is 21.3. The lowest BCUT2D eigenvalue weighted by molar-refractivity contribution is -0.137. The molecule has 0 unspecified atom stereocenters. The van der Waals surface area contributed by atoms with Crippen LogP contribution < -0.4 is 14.8 Å². The molecule has 13 heteroatoms. The van der Waals surface area contributed by atoms with E-state index in [2.05, 4.69) is 37.2 Å². The number of amides is 3. The summed E-state index contributed by atoms with van der Waals surface area (Å²) in [4.78, 5) is 38.8. The van der Waals surface area contributed by atoms with E-state index in [1.807, 2.05) is 31.2 Å². The quantitative estimate of drug-likeness (QED) is 0.227. The summed E-state index contributed by atoms with van der Waals surface area (Å²) in [5.41, 5.74) is 0.429. The van der Waals surface area contributed by atoms with Crippen LogP contribution in [0.4, 0.5) is 23.7 Å². The number of carbonyl (C=O) groups is 3. The summed E-state index contributed by atoms with van der Waals surface area (Å²) < 4.78 is 52.1. The lowest BCUT2D eigenvalue weighted by atomic mass is 10.1. The van der Waals surface area contributed by atoms with Crippen LogP contribution >= 0.6 is 43.6 Å². The Hall–Kier alpha value is -3.29. The Kier molecular flexibility index (Phi) is 9.82. The minimum absolute atomic E-state index is 0.0635. The Morgan fingerprint density at radius 3 is 2.41 bits per heavy atom. The largest absolute Gasteiger partial charge is 0.490 e. The van der Waals surface area contributed by atoms with Gasteiger partial charge < -0.3 is 14.8 Å². The molecular formula is C28H21Br2F3N2O5S. The fourth-order valence-electron chi connectivity index (χ4n) is 3.68. The van der Waals surface area contributed by atoms with Crippen molar-refractivity contribution in [1.82, 2.24) is 4.90 Å². The van der Waals surface area contributed by atoms with E-state index in [0.29, 0.717) is 46.5 Å². The normalized spacial score (nSPS) is 14.5. The number of hydrogen-bond acceptors (Lipinski definition) is 6. The van der Waals surface area contributed by atoms with Crippen LogP contribution in [0.15, 0.2) is 74.5 Å². The number of imide groups is 1.